The topological polar surface area (TPSA) is 95.6 Å². The molecule has 2 aromatic carbocycles. The van der Waals surface area contributed by atoms with Gasteiger partial charge in [0, 0.05) is 31.1 Å². The van der Waals surface area contributed by atoms with E-state index in [1.165, 1.54) is 12.1 Å². The van der Waals surface area contributed by atoms with Crippen molar-refractivity contribution in [2.75, 3.05) is 19.6 Å². The van der Waals surface area contributed by atoms with Crippen LogP contribution in [0.25, 0.3) is 0 Å². The van der Waals surface area contributed by atoms with Crippen LogP contribution in [0.4, 0.5) is 0 Å². The number of nitrogens with one attached hydrogen (secondary N) is 2. The van der Waals surface area contributed by atoms with Crippen molar-refractivity contribution >= 4 is 46.8 Å². The first-order chi connectivity index (χ1) is 13.9. The summed E-state index contributed by atoms with van der Waals surface area (Å²) in [7, 11) is 0. The van der Waals surface area contributed by atoms with Gasteiger partial charge in [-0.2, -0.15) is 0 Å². The zero-order chi connectivity index (χ0) is 21.0. The minimum Gasteiger partial charge on any atom is -0.354 e. The Balaban J connectivity index is 1.41. The predicted octanol–water partition coefficient (Wildman–Crippen LogP) is 2.53. The molecule has 1 aliphatic heterocycles. The van der Waals surface area contributed by atoms with Crippen LogP contribution in [0.5, 0.6) is 0 Å². The Morgan fingerprint density at radius 1 is 0.897 bits per heavy atom. The van der Waals surface area contributed by atoms with Crippen molar-refractivity contribution in [2.24, 2.45) is 0 Å². The molecule has 4 amide bonds. The lowest BCUT2D eigenvalue weighted by atomic mass is 10.1. The average molecular weight is 434 g/mol. The number of imide groups is 1. The second-order valence-corrected chi connectivity index (χ2v) is 7.13. The Kier molecular flexibility index (Phi) is 6.51. The summed E-state index contributed by atoms with van der Waals surface area (Å²) in [5.41, 5.74) is 0.941. The first-order valence-corrected chi connectivity index (χ1v) is 9.59. The summed E-state index contributed by atoms with van der Waals surface area (Å²) in [6, 6.07) is 11.1. The third-order valence-electron chi connectivity index (χ3n) is 4.35. The van der Waals surface area contributed by atoms with Gasteiger partial charge in [0.2, 0.25) is 5.91 Å². The Labute approximate surface area is 177 Å². The summed E-state index contributed by atoms with van der Waals surface area (Å²) < 4.78 is 0. The average Bonchev–Trinajstić information content (AvgIpc) is 2.96. The van der Waals surface area contributed by atoms with Crippen LogP contribution in [-0.4, -0.2) is 48.2 Å². The Hall–Kier alpha value is -2.90. The molecule has 9 heteroatoms. The number of carbonyl (C=O) groups excluding carboxylic acids is 4. The molecule has 2 N–H and O–H groups in total. The largest absolute Gasteiger partial charge is 0.354 e. The van der Waals surface area contributed by atoms with Crippen LogP contribution >= 0.6 is 23.2 Å². The second kappa shape index (κ2) is 9.07. The van der Waals surface area contributed by atoms with Crippen molar-refractivity contribution < 1.29 is 19.2 Å². The Bertz CT molecular complexity index is 958. The summed E-state index contributed by atoms with van der Waals surface area (Å²) in [5, 5.41) is 5.92. The number of amides is 4. The van der Waals surface area contributed by atoms with Gasteiger partial charge in [-0.15, -0.1) is 0 Å². The van der Waals surface area contributed by atoms with Crippen LogP contribution in [-0.2, 0) is 4.79 Å². The lowest BCUT2D eigenvalue weighted by Crippen LogP contribution is -2.37. The SMILES string of the molecule is O=C(CCN1C(=O)c2ccccc2C1=O)NCCNC(=O)c1cc(Cl)ccc1Cl. The smallest absolute Gasteiger partial charge is 0.261 e. The molecule has 0 unspecified atom stereocenters. The molecule has 0 fully saturated rings. The maximum atomic E-state index is 12.2. The Morgan fingerprint density at radius 3 is 2.17 bits per heavy atom. The molecule has 1 aliphatic rings. The fourth-order valence-corrected chi connectivity index (χ4v) is 3.26. The van der Waals surface area contributed by atoms with Crippen LogP contribution in [0.3, 0.4) is 0 Å². The van der Waals surface area contributed by atoms with E-state index < -0.39 is 17.7 Å². The predicted molar refractivity (Wildman–Crippen MR) is 108 cm³/mol. The number of carbonyl (C=O) groups is 4. The van der Waals surface area contributed by atoms with Gasteiger partial charge in [-0.05, 0) is 30.3 Å². The van der Waals surface area contributed by atoms with Crippen molar-refractivity contribution in [2.45, 2.75) is 6.42 Å². The molecule has 150 valence electrons. The van der Waals surface area contributed by atoms with E-state index in [-0.39, 0.29) is 42.5 Å². The molecule has 7 nitrogen and oxygen atoms in total. The van der Waals surface area contributed by atoms with E-state index in [4.69, 9.17) is 23.2 Å². The third-order valence-corrected chi connectivity index (χ3v) is 4.91. The quantitative estimate of drug-likeness (QED) is 0.517. The number of fused-ring (bicyclic) bond motifs is 1. The summed E-state index contributed by atoms with van der Waals surface area (Å²) in [6.45, 7) is 0.355. The third kappa shape index (κ3) is 4.75. The second-order valence-electron chi connectivity index (χ2n) is 6.29. The maximum Gasteiger partial charge on any atom is 0.261 e. The highest BCUT2D eigenvalue weighted by Gasteiger charge is 2.34. The van der Waals surface area contributed by atoms with Crippen LogP contribution in [0.1, 0.15) is 37.5 Å². The first-order valence-electron chi connectivity index (χ1n) is 8.83. The highest BCUT2D eigenvalue weighted by atomic mass is 35.5. The molecule has 0 aromatic heterocycles. The van der Waals surface area contributed by atoms with Crippen molar-refractivity contribution in [3.8, 4) is 0 Å². The standard InChI is InChI=1S/C20H17Cl2N3O4/c21-12-5-6-16(22)15(11-12)18(27)24-9-8-23-17(26)7-10-25-19(28)13-3-1-2-4-14(13)20(25)29/h1-6,11H,7-10H2,(H,23,26)(H,24,27). The molecule has 0 bridgehead atoms. The number of hydrogen-bond donors (Lipinski definition) is 2. The van der Waals surface area contributed by atoms with E-state index in [1.807, 2.05) is 0 Å². The van der Waals surface area contributed by atoms with Crippen molar-refractivity contribution in [1.29, 1.82) is 0 Å². The number of halogens is 2. The van der Waals surface area contributed by atoms with E-state index in [1.54, 1.807) is 30.3 Å². The molecule has 1 heterocycles. The molecular weight excluding hydrogens is 417 g/mol. The molecule has 29 heavy (non-hydrogen) atoms. The minimum atomic E-state index is -0.405. The molecular formula is C20H17Cl2N3O4. The highest BCUT2D eigenvalue weighted by molar-refractivity contribution is 6.35. The van der Waals surface area contributed by atoms with Gasteiger partial charge in [0.1, 0.15) is 0 Å². The zero-order valence-electron chi connectivity index (χ0n) is 15.2. The van der Waals surface area contributed by atoms with E-state index in [9.17, 15) is 19.2 Å². The molecule has 3 rings (SSSR count). The molecule has 0 atom stereocenters. The molecule has 0 saturated heterocycles. The fraction of sp³-hybridized carbons (Fsp3) is 0.200. The van der Waals surface area contributed by atoms with E-state index in [0.717, 1.165) is 4.90 Å². The van der Waals surface area contributed by atoms with Gasteiger partial charge < -0.3 is 10.6 Å². The van der Waals surface area contributed by atoms with Gasteiger partial charge in [0.05, 0.1) is 21.7 Å². The summed E-state index contributed by atoms with van der Waals surface area (Å²) in [4.78, 5) is 49.6. The maximum absolute atomic E-state index is 12.2. The minimum absolute atomic E-state index is 0.0112. The first kappa shape index (κ1) is 20.8. The molecule has 0 saturated carbocycles. The van der Waals surface area contributed by atoms with E-state index >= 15 is 0 Å². The fourth-order valence-electron chi connectivity index (χ4n) is 2.89. The molecule has 2 aromatic rings. The summed E-state index contributed by atoms with van der Waals surface area (Å²) in [6.07, 6.45) is -0.0282. The number of rotatable bonds is 7. The molecule has 0 aliphatic carbocycles. The zero-order valence-corrected chi connectivity index (χ0v) is 16.7. The van der Waals surface area contributed by atoms with Crippen LogP contribution in [0, 0.1) is 0 Å². The van der Waals surface area contributed by atoms with Crippen molar-refractivity contribution in [3.63, 3.8) is 0 Å². The Morgan fingerprint density at radius 2 is 1.52 bits per heavy atom. The monoisotopic (exact) mass is 433 g/mol. The summed E-state index contributed by atoms with van der Waals surface area (Å²) in [5.74, 6) is -1.54. The van der Waals surface area contributed by atoms with Crippen molar-refractivity contribution in [1.82, 2.24) is 15.5 Å². The van der Waals surface area contributed by atoms with E-state index in [0.29, 0.717) is 16.1 Å². The molecule has 0 spiro atoms. The normalized spacial score (nSPS) is 12.7. The van der Waals surface area contributed by atoms with Gasteiger partial charge >= 0.3 is 0 Å². The number of hydrogen-bond acceptors (Lipinski definition) is 4. The lowest BCUT2D eigenvalue weighted by Gasteiger charge is -2.13. The lowest BCUT2D eigenvalue weighted by molar-refractivity contribution is -0.121. The van der Waals surface area contributed by atoms with Gasteiger partial charge in [0.25, 0.3) is 17.7 Å². The van der Waals surface area contributed by atoms with Gasteiger partial charge in [-0.25, -0.2) is 0 Å². The van der Waals surface area contributed by atoms with Gasteiger partial charge in [0.15, 0.2) is 0 Å². The highest BCUT2D eigenvalue weighted by Crippen LogP contribution is 2.22. The van der Waals surface area contributed by atoms with Gasteiger partial charge in [-0.3, -0.25) is 24.1 Å². The number of nitrogens with zero attached hydrogens (tertiary/aromatic N) is 1. The van der Waals surface area contributed by atoms with Gasteiger partial charge in [-0.1, -0.05) is 35.3 Å². The summed E-state index contributed by atoms with van der Waals surface area (Å²) >= 11 is 11.8. The van der Waals surface area contributed by atoms with Crippen LogP contribution < -0.4 is 10.6 Å². The van der Waals surface area contributed by atoms with Crippen LogP contribution in [0.15, 0.2) is 42.5 Å². The van der Waals surface area contributed by atoms with Crippen molar-refractivity contribution in [3.05, 3.63) is 69.2 Å². The molecule has 0 radical (unpaired) electrons. The number of benzene rings is 2. The van der Waals surface area contributed by atoms with Crippen LogP contribution in [0.2, 0.25) is 10.0 Å². The van der Waals surface area contributed by atoms with E-state index in [2.05, 4.69) is 10.6 Å².